The van der Waals surface area contributed by atoms with E-state index >= 15 is 0 Å². The molecular weight excluding hydrogens is 289 g/mol. The first kappa shape index (κ1) is 11.9. The van der Waals surface area contributed by atoms with Gasteiger partial charge >= 0.3 is 0 Å². The van der Waals surface area contributed by atoms with Crippen LogP contribution in [0.4, 0.5) is 0 Å². The summed E-state index contributed by atoms with van der Waals surface area (Å²) in [6.45, 7) is 0. The van der Waals surface area contributed by atoms with Crippen molar-refractivity contribution in [2.45, 2.75) is 30.1 Å². The molecule has 1 fully saturated rings. The van der Waals surface area contributed by atoms with Crippen LogP contribution >= 0.6 is 27.5 Å². The molecule has 0 saturated heterocycles. The van der Waals surface area contributed by atoms with Gasteiger partial charge in [0.2, 0.25) is 0 Å². The maximum atomic E-state index is 11.9. The third kappa shape index (κ3) is 2.77. The normalized spacial score (nSPS) is 24.4. The molecule has 1 aromatic carbocycles. The van der Waals surface area contributed by atoms with Crippen molar-refractivity contribution < 1.29 is 4.79 Å². The summed E-state index contributed by atoms with van der Waals surface area (Å²) in [5.74, 6) is -0.0204. The third-order valence-electron chi connectivity index (χ3n) is 2.85. The lowest BCUT2D eigenvalue weighted by molar-refractivity contribution is 0.0939. The molecular formula is C12H13BrClNO. The second kappa shape index (κ2) is 5.19. The number of amides is 1. The molecule has 1 aromatic rings. The first-order chi connectivity index (χ1) is 7.66. The lowest BCUT2D eigenvalue weighted by Crippen LogP contribution is -2.37. The van der Waals surface area contributed by atoms with Gasteiger partial charge in [0, 0.05) is 21.5 Å². The Kier molecular flexibility index (Phi) is 3.87. The minimum Gasteiger partial charge on any atom is -0.348 e. The Morgan fingerprint density at radius 3 is 2.56 bits per heavy atom. The Hall–Kier alpha value is -0.540. The van der Waals surface area contributed by atoms with Gasteiger partial charge < -0.3 is 5.32 Å². The second-order valence-corrected chi connectivity index (χ2v) is 5.65. The molecule has 0 radical (unpaired) electrons. The highest BCUT2D eigenvalue weighted by Gasteiger charge is 2.26. The molecule has 2 nitrogen and oxygen atoms in total. The van der Waals surface area contributed by atoms with Crippen LogP contribution in [0.3, 0.4) is 0 Å². The first-order valence-electron chi connectivity index (χ1n) is 5.37. The number of alkyl halides is 1. The molecule has 1 aliphatic carbocycles. The van der Waals surface area contributed by atoms with Crippen molar-refractivity contribution in [2.75, 3.05) is 0 Å². The number of benzene rings is 1. The van der Waals surface area contributed by atoms with Crippen LogP contribution in [0.1, 0.15) is 29.6 Å². The van der Waals surface area contributed by atoms with Crippen LogP contribution in [0.5, 0.6) is 0 Å². The van der Waals surface area contributed by atoms with E-state index < -0.39 is 0 Å². The average molecular weight is 303 g/mol. The number of hydrogen-bond acceptors (Lipinski definition) is 1. The zero-order valence-electron chi connectivity index (χ0n) is 8.75. The van der Waals surface area contributed by atoms with Crippen molar-refractivity contribution in [3.05, 3.63) is 34.9 Å². The SMILES string of the molecule is O=C(NC1CCCC1Br)c1ccc(Cl)cc1. The van der Waals surface area contributed by atoms with E-state index in [2.05, 4.69) is 21.2 Å². The Balaban J connectivity index is 2.00. The number of carbonyl (C=O) groups is 1. The van der Waals surface area contributed by atoms with E-state index in [9.17, 15) is 4.79 Å². The molecule has 0 heterocycles. The summed E-state index contributed by atoms with van der Waals surface area (Å²) < 4.78 is 0. The highest BCUT2D eigenvalue weighted by molar-refractivity contribution is 9.09. The quantitative estimate of drug-likeness (QED) is 0.834. The van der Waals surface area contributed by atoms with E-state index in [0.717, 1.165) is 12.8 Å². The van der Waals surface area contributed by atoms with Crippen molar-refractivity contribution in [1.82, 2.24) is 5.32 Å². The molecule has 1 aliphatic rings. The van der Waals surface area contributed by atoms with E-state index in [1.165, 1.54) is 6.42 Å². The Morgan fingerprint density at radius 1 is 1.31 bits per heavy atom. The van der Waals surface area contributed by atoms with Gasteiger partial charge in [0.1, 0.15) is 0 Å². The third-order valence-corrected chi connectivity index (χ3v) is 4.20. The van der Waals surface area contributed by atoms with Gasteiger partial charge in [-0.15, -0.1) is 0 Å². The standard InChI is InChI=1S/C12H13BrClNO/c13-10-2-1-3-11(10)15-12(16)8-4-6-9(14)7-5-8/h4-7,10-11H,1-3H2,(H,15,16). The van der Waals surface area contributed by atoms with Crippen LogP contribution in [0, 0.1) is 0 Å². The van der Waals surface area contributed by atoms with Crippen molar-refractivity contribution in [3.63, 3.8) is 0 Å². The topological polar surface area (TPSA) is 29.1 Å². The molecule has 0 aromatic heterocycles. The van der Waals surface area contributed by atoms with Crippen molar-refractivity contribution in [3.8, 4) is 0 Å². The average Bonchev–Trinajstić information content (AvgIpc) is 2.65. The molecule has 0 spiro atoms. The molecule has 16 heavy (non-hydrogen) atoms. The summed E-state index contributed by atoms with van der Waals surface area (Å²) in [4.78, 5) is 12.3. The lowest BCUT2D eigenvalue weighted by atomic mass is 10.2. The summed E-state index contributed by atoms with van der Waals surface area (Å²) in [5.41, 5.74) is 0.663. The predicted molar refractivity (Wildman–Crippen MR) is 69.3 cm³/mol. The Labute approximate surface area is 108 Å². The molecule has 0 bridgehead atoms. The minimum absolute atomic E-state index is 0.0204. The van der Waals surface area contributed by atoms with Gasteiger partial charge in [-0.1, -0.05) is 34.0 Å². The van der Waals surface area contributed by atoms with Crippen molar-refractivity contribution in [1.29, 1.82) is 0 Å². The number of rotatable bonds is 2. The van der Waals surface area contributed by atoms with Crippen molar-refractivity contribution >= 4 is 33.4 Å². The molecule has 86 valence electrons. The van der Waals surface area contributed by atoms with E-state index in [0.29, 0.717) is 15.4 Å². The lowest BCUT2D eigenvalue weighted by Gasteiger charge is -2.16. The summed E-state index contributed by atoms with van der Waals surface area (Å²) in [7, 11) is 0. The molecule has 2 unspecified atom stereocenters. The predicted octanol–water partition coefficient (Wildman–Crippen LogP) is 3.39. The number of carbonyl (C=O) groups excluding carboxylic acids is 1. The summed E-state index contributed by atoms with van der Waals surface area (Å²) in [6, 6.07) is 7.21. The van der Waals surface area contributed by atoms with E-state index in [-0.39, 0.29) is 11.9 Å². The first-order valence-corrected chi connectivity index (χ1v) is 6.66. The summed E-state index contributed by atoms with van der Waals surface area (Å²) >= 11 is 9.35. The molecule has 1 saturated carbocycles. The fraction of sp³-hybridized carbons (Fsp3) is 0.417. The van der Waals surface area contributed by atoms with Crippen LogP contribution in [-0.4, -0.2) is 16.8 Å². The minimum atomic E-state index is -0.0204. The van der Waals surface area contributed by atoms with Crippen molar-refractivity contribution in [2.24, 2.45) is 0 Å². The largest absolute Gasteiger partial charge is 0.348 e. The monoisotopic (exact) mass is 301 g/mol. The number of hydrogen-bond donors (Lipinski definition) is 1. The van der Waals surface area contributed by atoms with Crippen LogP contribution in [0.15, 0.2) is 24.3 Å². The highest BCUT2D eigenvalue weighted by Crippen LogP contribution is 2.25. The number of nitrogens with one attached hydrogen (secondary N) is 1. The van der Waals surface area contributed by atoms with E-state index in [4.69, 9.17) is 11.6 Å². The maximum Gasteiger partial charge on any atom is 0.251 e. The van der Waals surface area contributed by atoms with Gasteiger partial charge in [0.25, 0.3) is 5.91 Å². The van der Waals surface area contributed by atoms with E-state index in [1.54, 1.807) is 24.3 Å². The summed E-state index contributed by atoms with van der Waals surface area (Å²) in [6.07, 6.45) is 3.35. The molecule has 4 heteroatoms. The van der Waals surface area contributed by atoms with E-state index in [1.807, 2.05) is 0 Å². The molecule has 1 N–H and O–H groups in total. The zero-order valence-corrected chi connectivity index (χ0v) is 11.1. The Morgan fingerprint density at radius 2 is 2.00 bits per heavy atom. The highest BCUT2D eigenvalue weighted by atomic mass is 79.9. The van der Waals surface area contributed by atoms with Gasteiger partial charge in [-0.3, -0.25) is 4.79 Å². The van der Waals surface area contributed by atoms with Gasteiger partial charge in [-0.25, -0.2) is 0 Å². The smallest absolute Gasteiger partial charge is 0.251 e. The second-order valence-electron chi connectivity index (χ2n) is 4.03. The van der Waals surface area contributed by atoms with Crippen LogP contribution in [0.25, 0.3) is 0 Å². The van der Waals surface area contributed by atoms with Gasteiger partial charge in [0.05, 0.1) is 0 Å². The molecule has 1 amide bonds. The fourth-order valence-corrected chi connectivity index (χ4v) is 2.78. The van der Waals surface area contributed by atoms with Crippen LogP contribution < -0.4 is 5.32 Å². The fourth-order valence-electron chi connectivity index (χ4n) is 1.93. The molecule has 2 atom stereocenters. The number of halogens is 2. The van der Waals surface area contributed by atoms with Gasteiger partial charge in [-0.05, 0) is 37.1 Å². The van der Waals surface area contributed by atoms with Gasteiger partial charge in [-0.2, -0.15) is 0 Å². The Bertz CT molecular complexity index is 379. The molecule has 2 rings (SSSR count). The van der Waals surface area contributed by atoms with Crippen LogP contribution in [0.2, 0.25) is 5.02 Å². The van der Waals surface area contributed by atoms with Crippen LogP contribution in [-0.2, 0) is 0 Å². The zero-order chi connectivity index (χ0) is 11.5. The maximum absolute atomic E-state index is 11.9. The molecule has 0 aliphatic heterocycles. The summed E-state index contributed by atoms with van der Waals surface area (Å²) in [5, 5.41) is 3.68. The van der Waals surface area contributed by atoms with Gasteiger partial charge in [0.15, 0.2) is 0 Å².